The van der Waals surface area contributed by atoms with E-state index in [2.05, 4.69) is 10.6 Å². The van der Waals surface area contributed by atoms with Crippen LogP contribution in [-0.4, -0.2) is 13.1 Å². The maximum Gasteiger partial charge on any atom is 0.319 e. The molecule has 1 aliphatic heterocycles. The van der Waals surface area contributed by atoms with E-state index < -0.39 is 0 Å². The van der Waals surface area contributed by atoms with E-state index in [0.29, 0.717) is 5.92 Å². The Morgan fingerprint density at radius 3 is 2.88 bits per heavy atom. The van der Waals surface area contributed by atoms with Gasteiger partial charge in [0.05, 0.1) is 13.2 Å². The Kier molecular flexibility index (Phi) is 2.02. The second-order valence-electron chi connectivity index (χ2n) is 4.37. The molecule has 1 fully saturated rings. The van der Waals surface area contributed by atoms with Crippen LogP contribution in [0.4, 0.5) is 10.5 Å². The maximum atomic E-state index is 11.5. The highest BCUT2D eigenvalue weighted by atomic mass is 16.5. The third-order valence-corrected chi connectivity index (χ3v) is 3.22. The highest BCUT2D eigenvalue weighted by molar-refractivity contribution is 5.93. The molecule has 3 rings (SSSR count). The monoisotopic (exact) mass is 218 g/mol. The molecule has 2 N–H and O–H groups in total. The number of hydrogen-bond donors (Lipinski definition) is 2. The smallest absolute Gasteiger partial charge is 0.319 e. The molecule has 4 nitrogen and oxygen atoms in total. The molecule has 0 aromatic heterocycles. The molecule has 0 spiro atoms. The number of benzene rings is 1. The second-order valence-corrected chi connectivity index (χ2v) is 4.37. The van der Waals surface area contributed by atoms with Gasteiger partial charge in [0.1, 0.15) is 5.75 Å². The lowest BCUT2D eigenvalue weighted by Crippen LogP contribution is -2.38. The van der Waals surface area contributed by atoms with Gasteiger partial charge in [-0.1, -0.05) is 0 Å². The summed E-state index contributed by atoms with van der Waals surface area (Å²) in [6, 6.07) is 5.83. The fourth-order valence-corrected chi connectivity index (χ4v) is 2.22. The van der Waals surface area contributed by atoms with Crippen LogP contribution in [0, 0.1) is 5.92 Å². The van der Waals surface area contributed by atoms with Crippen molar-refractivity contribution < 1.29 is 9.53 Å². The fraction of sp³-hybridized carbons (Fsp3) is 0.417. The van der Waals surface area contributed by atoms with Crippen LogP contribution in [0.15, 0.2) is 18.2 Å². The molecule has 2 aliphatic rings. The van der Waals surface area contributed by atoms with Crippen molar-refractivity contribution in [2.24, 2.45) is 5.92 Å². The van der Waals surface area contributed by atoms with Crippen LogP contribution in [0.25, 0.3) is 0 Å². The number of carbonyl (C=O) groups is 1. The minimum atomic E-state index is -0.102. The van der Waals surface area contributed by atoms with E-state index in [1.54, 1.807) is 7.11 Å². The SMILES string of the molecule is COc1ccc2c(c1)C(C1CC1)NC(=O)N2. The van der Waals surface area contributed by atoms with Gasteiger partial charge in [0.25, 0.3) is 0 Å². The van der Waals surface area contributed by atoms with Gasteiger partial charge in [0, 0.05) is 11.3 Å². The summed E-state index contributed by atoms with van der Waals surface area (Å²) in [5, 5.41) is 5.80. The van der Waals surface area contributed by atoms with Gasteiger partial charge < -0.3 is 15.4 Å². The van der Waals surface area contributed by atoms with E-state index in [9.17, 15) is 4.79 Å². The minimum Gasteiger partial charge on any atom is -0.497 e. The maximum absolute atomic E-state index is 11.5. The Labute approximate surface area is 94.0 Å². The summed E-state index contributed by atoms with van der Waals surface area (Å²) in [6.45, 7) is 0. The predicted molar refractivity (Wildman–Crippen MR) is 60.6 cm³/mol. The van der Waals surface area contributed by atoms with E-state index in [4.69, 9.17) is 4.74 Å². The zero-order chi connectivity index (χ0) is 11.1. The second kappa shape index (κ2) is 3.40. The average molecular weight is 218 g/mol. The molecule has 1 unspecified atom stereocenters. The van der Waals surface area contributed by atoms with Crippen LogP contribution >= 0.6 is 0 Å². The van der Waals surface area contributed by atoms with Crippen molar-refractivity contribution in [3.8, 4) is 5.75 Å². The van der Waals surface area contributed by atoms with Gasteiger partial charge in [-0.3, -0.25) is 0 Å². The summed E-state index contributed by atoms with van der Waals surface area (Å²) in [4.78, 5) is 11.5. The first kappa shape index (κ1) is 9.51. The number of amides is 2. The van der Waals surface area contributed by atoms with Gasteiger partial charge in [0.2, 0.25) is 0 Å². The van der Waals surface area contributed by atoms with Crippen LogP contribution in [0.5, 0.6) is 5.75 Å². The van der Waals surface area contributed by atoms with E-state index >= 15 is 0 Å². The standard InChI is InChI=1S/C12H14N2O2/c1-16-8-4-5-10-9(6-8)11(7-2-3-7)14-12(15)13-10/h4-7,11H,2-3H2,1H3,(H2,13,14,15). The van der Waals surface area contributed by atoms with Gasteiger partial charge in [-0.25, -0.2) is 4.79 Å². The van der Waals surface area contributed by atoms with Gasteiger partial charge in [-0.05, 0) is 37.0 Å². The molecule has 2 amide bonds. The predicted octanol–water partition coefficient (Wildman–Crippen LogP) is 2.28. The molecular formula is C12H14N2O2. The summed E-state index contributed by atoms with van der Waals surface area (Å²) in [7, 11) is 1.66. The van der Waals surface area contributed by atoms with Crippen LogP contribution in [-0.2, 0) is 0 Å². The average Bonchev–Trinajstić information content (AvgIpc) is 3.11. The van der Waals surface area contributed by atoms with Crippen molar-refractivity contribution in [2.75, 3.05) is 12.4 Å². The molecule has 1 aliphatic carbocycles. The number of rotatable bonds is 2. The molecule has 84 valence electrons. The zero-order valence-corrected chi connectivity index (χ0v) is 9.12. The Hall–Kier alpha value is -1.71. The van der Waals surface area contributed by atoms with Crippen LogP contribution in [0.3, 0.4) is 0 Å². The number of nitrogens with one attached hydrogen (secondary N) is 2. The molecule has 16 heavy (non-hydrogen) atoms. The number of hydrogen-bond acceptors (Lipinski definition) is 2. The van der Waals surface area contributed by atoms with E-state index in [1.807, 2.05) is 18.2 Å². The zero-order valence-electron chi connectivity index (χ0n) is 9.12. The lowest BCUT2D eigenvalue weighted by Gasteiger charge is -2.27. The van der Waals surface area contributed by atoms with Crippen molar-refractivity contribution in [3.63, 3.8) is 0 Å². The minimum absolute atomic E-state index is 0.102. The molecular weight excluding hydrogens is 204 g/mol. The van der Waals surface area contributed by atoms with Crippen LogP contribution < -0.4 is 15.4 Å². The molecule has 0 saturated heterocycles. The molecule has 1 aromatic carbocycles. The molecule has 1 atom stereocenters. The molecule has 0 bridgehead atoms. The number of anilines is 1. The first-order valence-electron chi connectivity index (χ1n) is 5.53. The summed E-state index contributed by atoms with van der Waals surface area (Å²) >= 11 is 0. The molecule has 1 saturated carbocycles. The first-order valence-corrected chi connectivity index (χ1v) is 5.53. The Bertz CT molecular complexity index is 441. The van der Waals surface area contributed by atoms with Crippen molar-refractivity contribution in [1.82, 2.24) is 5.32 Å². The molecule has 4 heteroatoms. The van der Waals surface area contributed by atoms with E-state index in [-0.39, 0.29) is 12.1 Å². The third-order valence-electron chi connectivity index (χ3n) is 3.22. The summed E-state index contributed by atoms with van der Waals surface area (Å²) in [6.07, 6.45) is 2.39. The molecule has 1 heterocycles. The Morgan fingerprint density at radius 2 is 2.19 bits per heavy atom. The number of carbonyl (C=O) groups excluding carboxylic acids is 1. The van der Waals surface area contributed by atoms with Gasteiger partial charge in [-0.2, -0.15) is 0 Å². The van der Waals surface area contributed by atoms with Crippen molar-refractivity contribution in [1.29, 1.82) is 0 Å². The summed E-state index contributed by atoms with van der Waals surface area (Å²) in [5.41, 5.74) is 2.04. The number of methoxy groups -OCH3 is 1. The normalized spacial score (nSPS) is 23.1. The van der Waals surface area contributed by atoms with Gasteiger partial charge in [0.15, 0.2) is 0 Å². The topological polar surface area (TPSA) is 50.4 Å². The van der Waals surface area contributed by atoms with Crippen molar-refractivity contribution in [3.05, 3.63) is 23.8 Å². The molecule has 1 aromatic rings. The molecule has 0 radical (unpaired) electrons. The highest BCUT2D eigenvalue weighted by Gasteiger charge is 2.37. The van der Waals surface area contributed by atoms with Crippen molar-refractivity contribution >= 4 is 11.7 Å². The quantitative estimate of drug-likeness (QED) is 0.800. The number of ether oxygens (including phenoxy) is 1. The third kappa shape index (κ3) is 1.50. The number of urea groups is 1. The highest BCUT2D eigenvalue weighted by Crippen LogP contribution is 2.45. The van der Waals surface area contributed by atoms with Gasteiger partial charge in [-0.15, -0.1) is 0 Å². The fourth-order valence-electron chi connectivity index (χ4n) is 2.22. The van der Waals surface area contributed by atoms with Gasteiger partial charge >= 0.3 is 6.03 Å². The van der Waals surface area contributed by atoms with Crippen LogP contribution in [0.1, 0.15) is 24.4 Å². The largest absolute Gasteiger partial charge is 0.497 e. The van der Waals surface area contributed by atoms with E-state index in [0.717, 1.165) is 17.0 Å². The lowest BCUT2D eigenvalue weighted by molar-refractivity contribution is 0.245. The van der Waals surface area contributed by atoms with Crippen molar-refractivity contribution in [2.45, 2.75) is 18.9 Å². The first-order chi connectivity index (χ1) is 7.78. The van der Waals surface area contributed by atoms with E-state index in [1.165, 1.54) is 12.8 Å². The summed E-state index contributed by atoms with van der Waals surface area (Å²) < 4.78 is 5.22. The lowest BCUT2D eigenvalue weighted by atomic mass is 9.98. The Balaban J connectivity index is 2.03. The number of fused-ring (bicyclic) bond motifs is 1. The van der Waals surface area contributed by atoms with Crippen LogP contribution in [0.2, 0.25) is 0 Å². The summed E-state index contributed by atoms with van der Waals surface area (Å²) in [5.74, 6) is 1.43. The Morgan fingerprint density at radius 1 is 1.38 bits per heavy atom.